The van der Waals surface area contributed by atoms with Crippen molar-refractivity contribution < 1.29 is 9.59 Å². The molecule has 5 rings (SSSR count). The number of anilines is 1. The summed E-state index contributed by atoms with van der Waals surface area (Å²) in [5, 5.41) is 15.6. The summed E-state index contributed by atoms with van der Waals surface area (Å²) in [6.07, 6.45) is 5.66. The molecule has 0 bridgehead atoms. The summed E-state index contributed by atoms with van der Waals surface area (Å²) < 4.78 is 5.04. The number of rotatable bonds is 3. The fraction of sp³-hybridized carbons (Fsp3) is 0.263. The van der Waals surface area contributed by atoms with Crippen LogP contribution in [0.4, 0.5) is 5.82 Å². The summed E-state index contributed by atoms with van der Waals surface area (Å²) in [6, 6.07) is 6.58. The van der Waals surface area contributed by atoms with Crippen molar-refractivity contribution in [3.8, 4) is 11.3 Å². The van der Waals surface area contributed by atoms with Gasteiger partial charge < -0.3 is 5.32 Å². The van der Waals surface area contributed by atoms with Crippen LogP contribution in [0.1, 0.15) is 17.0 Å². The van der Waals surface area contributed by atoms with Crippen molar-refractivity contribution in [3.05, 3.63) is 48.7 Å². The van der Waals surface area contributed by atoms with E-state index < -0.39 is 11.9 Å². The fourth-order valence-corrected chi connectivity index (χ4v) is 3.63. The highest BCUT2D eigenvalue weighted by Crippen LogP contribution is 2.20. The van der Waals surface area contributed by atoms with E-state index in [0.717, 1.165) is 11.3 Å². The van der Waals surface area contributed by atoms with Gasteiger partial charge in [-0.1, -0.05) is 6.07 Å². The first-order valence-electron chi connectivity index (χ1n) is 9.46. The maximum absolute atomic E-state index is 12.9. The smallest absolute Gasteiger partial charge is 0.291 e. The Kier molecular flexibility index (Phi) is 4.09. The van der Waals surface area contributed by atoms with Crippen LogP contribution >= 0.6 is 0 Å². The first-order valence-corrected chi connectivity index (χ1v) is 9.46. The molecule has 4 aromatic rings. The Balaban J connectivity index is 1.41. The predicted molar refractivity (Wildman–Crippen MR) is 107 cm³/mol. The molecule has 0 aliphatic carbocycles. The second-order valence-electron chi connectivity index (χ2n) is 7.14. The van der Waals surface area contributed by atoms with E-state index in [1.165, 1.54) is 4.90 Å². The number of hydrogen-bond donors (Lipinski definition) is 1. The molecule has 2 amide bonds. The van der Waals surface area contributed by atoms with Crippen molar-refractivity contribution in [1.82, 2.24) is 39.5 Å². The average Bonchev–Trinajstić information content (AvgIpc) is 3.47. The lowest BCUT2D eigenvalue weighted by molar-refractivity contribution is -0.120. The van der Waals surface area contributed by atoms with Crippen molar-refractivity contribution in [2.24, 2.45) is 7.05 Å². The van der Waals surface area contributed by atoms with Gasteiger partial charge in [0.05, 0.1) is 18.1 Å². The number of carbonyl (C=O) groups excluding carboxylic acids is 2. The zero-order chi connectivity index (χ0) is 20.8. The summed E-state index contributed by atoms with van der Waals surface area (Å²) in [7, 11) is 3.50. The van der Waals surface area contributed by atoms with Crippen molar-refractivity contribution in [2.45, 2.75) is 19.0 Å². The topological polar surface area (TPSA) is 115 Å². The van der Waals surface area contributed by atoms with Gasteiger partial charge in [-0.15, -0.1) is 5.10 Å². The molecule has 1 N–H and O–H groups in total. The molecule has 4 aromatic heterocycles. The summed E-state index contributed by atoms with van der Waals surface area (Å²) in [5.74, 6) is -0.00275. The number of pyridine rings is 1. The molecule has 0 unspecified atom stereocenters. The normalized spacial score (nSPS) is 16.5. The SMILES string of the molecule is CN1C(=O)[C@@H](NC(=O)c2nc3cccc(-c4cnn(C)c4)n3n2)CCn2nccc21. The molecule has 0 fully saturated rings. The van der Waals surface area contributed by atoms with E-state index in [-0.39, 0.29) is 11.7 Å². The van der Waals surface area contributed by atoms with Gasteiger partial charge in [-0.3, -0.25) is 19.2 Å². The standard InChI is InChI=1S/C19H19N9O2/c1-25-11-12(10-21-25)14-4-3-5-15-23-17(24-28(14)15)18(29)22-13-7-9-27-16(6-8-20-27)26(2)19(13)30/h3-6,8,10-11,13H,7,9H2,1-2H3,(H,22,29)/t13-/m0/s1. The van der Waals surface area contributed by atoms with Crippen molar-refractivity contribution in [2.75, 3.05) is 11.9 Å². The Bertz CT molecular complexity index is 1270. The second kappa shape index (κ2) is 6.79. The number of likely N-dealkylation sites (N-methyl/N-ethyl adjacent to an activating group) is 1. The van der Waals surface area contributed by atoms with Crippen molar-refractivity contribution in [3.63, 3.8) is 0 Å². The molecule has 30 heavy (non-hydrogen) atoms. The van der Waals surface area contributed by atoms with E-state index in [4.69, 9.17) is 0 Å². The molecule has 1 aliphatic heterocycles. The van der Waals surface area contributed by atoms with Crippen LogP contribution in [0, 0.1) is 0 Å². The Morgan fingerprint density at radius 1 is 1.20 bits per heavy atom. The van der Waals surface area contributed by atoms with E-state index in [1.807, 2.05) is 25.4 Å². The molecule has 5 heterocycles. The summed E-state index contributed by atoms with van der Waals surface area (Å²) in [4.78, 5) is 31.5. The zero-order valence-electron chi connectivity index (χ0n) is 16.4. The molecular formula is C19H19N9O2. The van der Waals surface area contributed by atoms with Crippen LogP contribution in [0.2, 0.25) is 0 Å². The second-order valence-corrected chi connectivity index (χ2v) is 7.14. The first kappa shape index (κ1) is 18.0. The Morgan fingerprint density at radius 2 is 2.07 bits per heavy atom. The summed E-state index contributed by atoms with van der Waals surface area (Å²) >= 11 is 0. The third-order valence-electron chi connectivity index (χ3n) is 5.16. The maximum atomic E-state index is 12.9. The minimum atomic E-state index is -0.686. The van der Waals surface area contributed by atoms with Crippen LogP contribution < -0.4 is 10.2 Å². The van der Waals surface area contributed by atoms with E-state index >= 15 is 0 Å². The highest BCUT2D eigenvalue weighted by molar-refractivity contribution is 6.01. The number of hydrogen-bond acceptors (Lipinski definition) is 6. The summed E-state index contributed by atoms with van der Waals surface area (Å²) in [6.45, 7) is 0.521. The predicted octanol–water partition coefficient (Wildman–Crippen LogP) is 0.491. The lowest BCUT2D eigenvalue weighted by Crippen LogP contribution is -2.47. The molecular weight excluding hydrogens is 386 g/mol. The van der Waals surface area contributed by atoms with Gasteiger partial charge in [-0.05, 0) is 18.6 Å². The average molecular weight is 405 g/mol. The third-order valence-corrected chi connectivity index (χ3v) is 5.16. The quantitative estimate of drug-likeness (QED) is 0.530. The molecule has 0 radical (unpaired) electrons. The van der Waals surface area contributed by atoms with Gasteiger partial charge in [-0.2, -0.15) is 10.2 Å². The van der Waals surface area contributed by atoms with Gasteiger partial charge in [0.2, 0.25) is 5.82 Å². The molecule has 1 atom stereocenters. The minimum absolute atomic E-state index is 0.00350. The van der Waals surface area contributed by atoms with Crippen molar-refractivity contribution >= 4 is 23.3 Å². The number of carbonyl (C=O) groups is 2. The van der Waals surface area contributed by atoms with Gasteiger partial charge in [-0.25, -0.2) is 14.2 Å². The zero-order valence-corrected chi connectivity index (χ0v) is 16.4. The highest BCUT2D eigenvalue weighted by Gasteiger charge is 2.30. The molecule has 0 saturated heterocycles. The van der Waals surface area contributed by atoms with Gasteiger partial charge in [0.25, 0.3) is 11.8 Å². The number of aryl methyl sites for hydroxylation is 2. The van der Waals surface area contributed by atoms with Crippen molar-refractivity contribution in [1.29, 1.82) is 0 Å². The van der Waals surface area contributed by atoms with Crippen LogP contribution in [-0.4, -0.2) is 59.1 Å². The molecule has 0 spiro atoms. The molecule has 152 valence electrons. The highest BCUT2D eigenvalue weighted by atomic mass is 16.2. The lowest BCUT2D eigenvalue weighted by Gasteiger charge is -2.19. The third kappa shape index (κ3) is 2.91. The fourth-order valence-electron chi connectivity index (χ4n) is 3.63. The monoisotopic (exact) mass is 405 g/mol. The van der Waals surface area contributed by atoms with E-state index in [2.05, 4.69) is 25.6 Å². The Labute approximate surface area is 170 Å². The van der Waals surface area contributed by atoms with Crippen LogP contribution in [0.25, 0.3) is 16.9 Å². The minimum Gasteiger partial charge on any atom is -0.337 e. The Hall–Kier alpha value is -4.02. The van der Waals surface area contributed by atoms with Crippen LogP contribution in [0.5, 0.6) is 0 Å². The van der Waals surface area contributed by atoms with Gasteiger partial charge in [0.1, 0.15) is 11.9 Å². The first-order chi connectivity index (χ1) is 14.5. The van der Waals surface area contributed by atoms with E-state index in [1.54, 1.807) is 45.5 Å². The Morgan fingerprint density at radius 3 is 2.87 bits per heavy atom. The van der Waals surface area contributed by atoms with E-state index in [9.17, 15) is 9.59 Å². The number of fused-ring (bicyclic) bond motifs is 2. The lowest BCUT2D eigenvalue weighted by atomic mass is 10.2. The molecule has 0 aromatic carbocycles. The number of aromatic nitrogens is 7. The summed E-state index contributed by atoms with van der Waals surface area (Å²) in [5.41, 5.74) is 2.16. The van der Waals surface area contributed by atoms with Crippen LogP contribution in [0.3, 0.4) is 0 Å². The molecule has 11 nitrogen and oxygen atoms in total. The molecule has 0 saturated carbocycles. The number of nitrogens with zero attached hydrogens (tertiary/aromatic N) is 8. The largest absolute Gasteiger partial charge is 0.337 e. The van der Waals surface area contributed by atoms with E-state index in [0.29, 0.717) is 24.4 Å². The van der Waals surface area contributed by atoms with Gasteiger partial charge in [0.15, 0.2) is 5.65 Å². The van der Waals surface area contributed by atoms with Crippen LogP contribution in [-0.2, 0) is 18.4 Å². The maximum Gasteiger partial charge on any atom is 0.291 e. The number of nitrogens with one attached hydrogen (secondary N) is 1. The van der Waals surface area contributed by atoms with Crippen LogP contribution in [0.15, 0.2) is 42.9 Å². The molecule has 11 heteroatoms. The van der Waals surface area contributed by atoms with Gasteiger partial charge in [0, 0.05) is 38.5 Å². The molecule has 1 aliphatic rings. The number of amides is 2. The van der Waals surface area contributed by atoms with Gasteiger partial charge >= 0.3 is 0 Å².